The lowest BCUT2D eigenvalue weighted by molar-refractivity contribution is -0.138. The summed E-state index contributed by atoms with van der Waals surface area (Å²) in [5, 5.41) is 9.80. The first-order valence-electron chi connectivity index (χ1n) is 7.24. The highest BCUT2D eigenvalue weighted by atomic mass is 16.4. The van der Waals surface area contributed by atoms with Gasteiger partial charge in [0.1, 0.15) is 6.04 Å². The van der Waals surface area contributed by atoms with Crippen LogP contribution in [0.15, 0.2) is 59.4 Å². The van der Waals surface area contributed by atoms with Crippen LogP contribution >= 0.6 is 0 Å². The minimum Gasteiger partial charge on any atom is -0.480 e. The van der Waals surface area contributed by atoms with Crippen LogP contribution in [0.25, 0.3) is 22.0 Å². The summed E-state index contributed by atoms with van der Waals surface area (Å²) in [5.41, 5.74) is 9.15. The number of nitrogens with two attached hydrogens (primary N) is 1. The molecule has 3 aromatic rings. The van der Waals surface area contributed by atoms with E-state index >= 15 is 0 Å². The predicted molar refractivity (Wildman–Crippen MR) is 89.3 cm³/mol. The van der Waals surface area contributed by atoms with E-state index in [2.05, 4.69) is 4.98 Å². The molecule has 0 aliphatic carbocycles. The Balaban J connectivity index is 1.88. The molecule has 1 heterocycles. The highest BCUT2D eigenvalue weighted by Crippen LogP contribution is 2.23. The summed E-state index contributed by atoms with van der Waals surface area (Å²) in [7, 11) is 0. The number of H-pyrrole nitrogens is 1. The molecule has 3 rings (SSSR count). The van der Waals surface area contributed by atoms with E-state index in [4.69, 9.17) is 10.8 Å². The fraction of sp³-hybridized carbons (Fsp3) is 0.111. The number of rotatable bonds is 4. The third-order valence-electron chi connectivity index (χ3n) is 3.78. The van der Waals surface area contributed by atoms with Crippen molar-refractivity contribution in [1.29, 1.82) is 0 Å². The molecule has 0 bridgehead atoms. The summed E-state index contributed by atoms with van der Waals surface area (Å²) in [5.74, 6) is -1.00. The average molecular weight is 308 g/mol. The minimum atomic E-state index is -1.00. The van der Waals surface area contributed by atoms with Gasteiger partial charge in [0.15, 0.2) is 0 Å². The first-order chi connectivity index (χ1) is 11.0. The van der Waals surface area contributed by atoms with E-state index in [1.807, 2.05) is 42.5 Å². The van der Waals surface area contributed by atoms with Crippen molar-refractivity contribution in [3.63, 3.8) is 0 Å². The van der Waals surface area contributed by atoms with Crippen molar-refractivity contribution in [3.05, 3.63) is 70.5 Å². The van der Waals surface area contributed by atoms with Gasteiger partial charge in [-0.05, 0) is 46.7 Å². The van der Waals surface area contributed by atoms with Crippen LogP contribution in [0.4, 0.5) is 0 Å². The predicted octanol–water partition coefficient (Wildman–Crippen LogP) is 2.15. The van der Waals surface area contributed by atoms with Gasteiger partial charge in [0.05, 0.1) is 0 Å². The summed E-state index contributed by atoms with van der Waals surface area (Å²) in [6.07, 6.45) is 0.300. The second-order valence-electron chi connectivity index (χ2n) is 5.47. The van der Waals surface area contributed by atoms with Crippen LogP contribution in [0.5, 0.6) is 0 Å². The van der Waals surface area contributed by atoms with Gasteiger partial charge in [-0.1, -0.05) is 30.3 Å². The molecule has 5 nitrogen and oxygen atoms in total. The van der Waals surface area contributed by atoms with Crippen LogP contribution in [-0.4, -0.2) is 22.1 Å². The molecule has 4 N–H and O–H groups in total. The lowest BCUT2D eigenvalue weighted by Crippen LogP contribution is -2.32. The Labute approximate surface area is 132 Å². The summed E-state index contributed by atoms with van der Waals surface area (Å²) < 4.78 is 0. The van der Waals surface area contributed by atoms with E-state index in [0.29, 0.717) is 6.42 Å². The molecule has 2 aromatic carbocycles. The van der Waals surface area contributed by atoms with Gasteiger partial charge in [0.2, 0.25) is 5.56 Å². The molecule has 0 radical (unpaired) electrons. The zero-order chi connectivity index (χ0) is 16.4. The molecule has 0 fully saturated rings. The maximum atomic E-state index is 11.3. The van der Waals surface area contributed by atoms with E-state index < -0.39 is 12.0 Å². The Hall–Kier alpha value is -2.92. The van der Waals surface area contributed by atoms with Gasteiger partial charge in [-0.25, -0.2) is 0 Å². The largest absolute Gasteiger partial charge is 0.480 e. The summed E-state index contributed by atoms with van der Waals surface area (Å²) >= 11 is 0. The number of carboxylic acids is 1. The Bertz CT molecular complexity index is 913. The molecule has 23 heavy (non-hydrogen) atoms. The van der Waals surface area contributed by atoms with Gasteiger partial charge in [-0.2, -0.15) is 0 Å². The Morgan fingerprint density at radius 3 is 2.43 bits per heavy atom. The normalized spacial score (nSPS) is 12.2. The van der Waals surface area contributed by atoms with Crippen molar-refractivity contribution in [2.24, 2.45) is 5.73 Å². The van der Waals surface area contributed by atoms with Gasteiger partial charge in [-0.15, -0.1) is 0 Å². The molecule has 0 aliphatic heterocycles. The number of hydrogen-bond acceptors (Lipinski definition) is 3. The Kier molecular flexibility index (Phi) is 3.95. The second-order valence-corrected chi connectivity index (χ2v) is 5.47. The van der Waals surface area contributed by atoms with Gasteiger partial charge >= 0.3 is 5.97 Å². The molecular weight excluding hydrogens is 292 g/mol. The van der Waals surface area contributed by atoms with Crippen LogP contribution in [0, 0.1) is 0 Å². The molecule has 116 valence electrons. The van der Waals surface area contributed by atoms with Crippen molar-refractivity contribution in [2.45, 2.75) is 12.5 Å². The zero-order valence-electron chi connectivity index (χ0n) is 12.3. The number of pyridine rings is 1. The standard InChI is InChI=1S/C18H16N2O3/c19-15(18(22)23)9-11-1-3-12(4-2-11)13-5-7-16-14(10-13)6-8-17(21)20-16/h1-8,10,15H,9,19H2,(H,20,21)(H,22,23)/t15-/m0/s1. The molecule has 0 spiro atoms. The number of aliphatic carboxylic acids is 1. The maximum absolute atomic E-state index is 11.3. The van der Waals surface area contributed by atoms with Gasteiger partial charge in [-0.3, -0.25) is 9.59 Å². The molecule has 0 saturated carbocycles. The van der Waals surface area contributed by atoms with Gasteiger partial charge < -0.3 is 15.8 Å². The summed E-state index contributed by atoms with van der Waals surface area (Å²) in [6.45, 7) is 0. The SMILES string of the molecule is N[C@@H](Cc1ccc(-c2ccc3[nH]c(=O)ccc3c2)cc1)C(=O)O. The number of carboxylic acid groups (broad SMARTS) is 1. The minimum absolute atomic E-state index is 0.121. The van der Waals surface area contributed by atoms with Crippen LogP contribution in [0.1, 0.15) is 5.56 Å². The highest BCUT2D eigenvalue weighted by molar-refractivity contribution is 5.84. The molecule has 0 amide bonds. The smallest absolute Gasteiger partial charge is 0.320 e. The molecule has 0 aliphatic rings. The Morgan fingerprint density at radius 2 is 1.74 bits per heavy atom. The van der Waals surface area contributed by atoms with Gasteiger partial charge in [0, 0.05) is 11.6 Å². The number of aromatic nitrogens is 1. The molecule has 1 aromatic heterocycles. The van der Waals surface area contributed by atoms with Crippen molar-refractivity contribution >= 4 is 16.9 Å². The Morgan fingerprint density at radius 1 is 1.04 bits per heavy atom. The number of fused-ring (bicyclic) bond motifs is 1. The topological polar surface area (TPSA) is 96.2 Å². The number of aromatic amines is 1. The number of hydrogen-bond donors (Lipinski definition) is 3. The van der Waals surface area contributed by atoms with Crippen LogP contribution in [0.2, 0.25) is 0 Å². The zero-order valence-corrected chi connectivity index (χ0v) is 12.3. The van der Waals surface area contributed by atoms with Crippen LogP contribution in [0.3, 0.4) is 0 Å². The molecule has 0 unspecified atom stereocenters. The van der Waals surface area contributed by atoms with Crippen LogP contribution in [-0.2, 0) is 11.2 Å². The lowest BCUT2D eigenvalue weighted by Gasteiger charge is -2.08. The van der Waals surface area contributed by atoms with Crippen molar-refractivity contribution < 1.29 is 9.90 Å². The van der Waals surface area contributed by atoms with Gasteiger partial charge in [0.25, 0.3) is 0 Å². The quantitative estimate of drug-likeness (QED) is 0.688. The van der Waals surface area contributed by atoms with E-state index in [1.54, 1.807) is 6.07 Å². The fourth-order valence-electron chi connectivity index (χ4n) is 2.51. The first-order valence-corrected chi connectivity index (χ1v) is 7.24. The summed E-state index contributed by atoms with van der Waals surface area (Å²) in [4.78, 5) is 24.9. The van der Waals surface area contributed by atoms with E-state index in [-0.39, 0.29) is 5.56 Å². The second kappa shape index (κ2) is 6.06. The fourth-order valence-corrected chi connectivity index (χ4v) is 2.51. The number of benzene rings is 2. The monoisotopic (exact) mass is 308 g/mol. The maximum Gasteiger partial charge on any atom is 0.320 e. The highest BCUT2D eigenvalue weighted by Gasteiger charge is 2.11. The molecule has 0 saturated heterocycles. The molecule has 1 atom stereocenters. The van der Waals surface area contributed by atoms with Crippen molar-refractivity contribution in [2.75, 3.05) is 0 Å². The third-order valence-corrected chi connectivity index (χ3v) is 3.78. The molecule has 5 heteroatoms. The van der Waals surface area contributed by atoms with E-state index in [0.717, 1.165) is 27.6 Å². The van der Waals surface area contributed by atoms with Crippen molar-refractivity contribution in [3.8, 4) is 11.1 Å². The summed E-state index contributed by atoms with van der Waals surface area (Å²) in [6, 6.07) is 15.9. The van der Waals surface area contributed by atoms with E-state index in [1.165, 1.54) is 6.07 Å². The van der Waals surface area contributed by atoms with E-state index in [9.17, 15) is 9.59 Å². The first kappa shape index (κ1) is 15.0. The number of carbonyl (C=O) groups is 1. The average Bonchev–Trinajstić information content (AvgIpc) is 2.55. The third kappa shape index (κ3) is 3.30. The lowest BCUT2D eigenvalue weighted by atomic mass is 10.00. The molecular formula is C18H16N2O3. The van der Waals surface area contributed by atoms with Crippen molar-refractivity contribution in [1.82, 2.24) is 4.98 Å². The van der Waals surface area contributed by atoms with Crippen LogP contribution < -0.4 is 11.3 Å². The number of nitrogens with one attached hydrogen (secondary N) is 1.